The number of unbranched alkanes of at least 4 members (excludes halogenated alkanes) is 16. The maximum atomic E-state index is 13.0. The summed E-state index contributed by atoms with van der Waals surface area (Å²) in [5, 5.41) is 24.8. The van der Waals surface area contributed by atoms with Gasteiger partial charge in [-0.1, -0.05) is 244 Å². The van der Waals surface area contributed by atoms with E-state index >= 15 is 0 Å². The molecule has 4 atom stereocenters. The van der Waals surface area contributed by atoms with E-state index in [1.165, 1.54) is 57.8 Å². The van der Waals surface area contributed by atoms with Crippen LogP contribution in [0.15, 0.2) is 134 Å². The number of aliphatic hydroxyl groups is 2. The van der Waals surface area contributed by atoms with Crippen LogP contribution in [0.3, 0.4) is 0 Å². The molecule has 0 aromatic carbocycles. The summed E-state index contributed by atoms with van der Waals surface area (Å²) < 4.78 is 23.6. The lowest BCUT2D eigenvalue weighted by Gasteiger charge is -2.28. The van der Waals surface area contributed by atoms with Crippen molar-refractivity contribution in [2.45, 2.75) is 231 Å². The molecule has 0 fully saturated rings. The van der Waals surface area contributed by atoms with Gasteiger partial charge in [-0.2, -0.15) is 0 Å². The molecular formula is C65H112N2O7P+. The highest BCUT2D eigenvalue weighted by Gasteiger charge is 2.32. The van der Waals surface area contributed by atoms with Crippen molar-refractivity contribution in [1.82, 2.24) is 5.32 Å². The van der Waals surface area contributed by atoms with Gasteiger partial charge in [0.1, 0.15) is 19.3 Å². The Bertz CT molecular complexity index is 1700. The molecule has 10 heteroatoms. The van der Waals surface area contributed by atoms with Crippen LogP contribution in [-0.2, 0) is 18.4 Å². The minimum atomic E-state index is -4.44. The molecule has 0 aliphatic heterocycles. The summed E-state index contributed by atoms with van der Waals surface area (Å²) in [6.45, 7) is 4.46. The van der Waals surface area contributed by atoms with Gasteiger partial charge in [-0.3, -0.25) is 13.8 Å². The van der Waals surface area contributed by atoms with Crippen molar-refractivity contribution in [3.05, 3.63) is 134 Å². The van der Waals surface area contributed by atoms with E-state index in [0.717, 1.165) is 122 Å². The molecule has 0 aromatic rings. The van der Waals surface area contributed by atoms with Gasteiger partial charge in [0.2, 0.25) is 5.91 Å². The van der Waals surface area contributed by atoms with Crippen molar-refractivity contribution in [2.24, 2.45) is 0 Å². The van der Waals surface area contributed by atoms with Crippen LogP contribution in [0.2, 0.25) is 0 Å². The summed E-state index contributed by atoms with van der Waals surface area (Å²) in [6, 6.07) is -1.05. The van der Waals surface area contributed by atoms with Gasteiger partial charge in [0.05, 0.1) is 39.9 Å². The average molecular weight is 1060 g/mol. The van der Waals surface area contributed by atoms with Gasteiger partial charge in [0, 0.05) is 6.42 Å². The fourth-order valence-electron chi connectivity index (χ4n) is 7.85. The first-order chi connectivity index (χ1) is 36.4. The minimum Gasteiger partial charge on any atom is -0.390 e. The zero-order chi connectivity index (χ0) is 55.0. The maximum absolute atomic E-state index is 13.0. The summed E-state index contributed by atoms with van der Waals surface area (Å²) in [7, 11) is 1.40. The second kappa shape index (κ2) is 54.0. The number of likely N-dealkylation sites (N-methyl/N-ethyl adjacent to an activating group) is 1. The molecule has 0 saturated heterocycles. The van der Waals surface area contributed by atoms with E-state index in [9.17, 15) is 24.5 Å². The summed E-state index contributed by atoms with van der Waals surface area (Å²) in [5.74, 6) is -0.283. The lowest BCUT2D eigenvalue weighted by atomic mass is 9.99. The monoisotopic (exact) mass is 1060 g/mol. The van der Waals surface area contributed by atoms with Gasteiger partial charge < -0.3 is 24.9 Å². The van der Waals surface area contributed by atoms with Crippen molar-refractivity contribution in [3.8, 4) is 0 Å². The van der Waals surface area contributed by atoms with E-state index in [-0.39, 0.29) is 18.9 Å². The molecule has 0 saturated carbocycles. The van der Waals surface area contributed by atoms with Gasteiger partial charge in [-0.25, -0.2) is 4.57 Å². The number of rotatable bonds is 52. The molecule has 0 aliphatic carbocycles. The van der Waals surface area contributed by atoms with Crippen LogP contribution in [0, 0.1) is 0 Å². The van der Waals surface area contributed by atoms with Crippen molar-refractivity contribution in [2.75, 3.05) is 40.9 Å². The number of nitrogens with one attached hydrogen (secondary N) is 1. The third-order valence-electron chi connectivity index (χ3n) is 12.5. The Hall–Kier alpha value is -3.40. The number of phosphoric acid groups is 1. The molecule has 0 radical (unpaired) electrons. The van der Waals surface area contributed by atoms with E-state index in [2.05, 4.69) is 153 Å². The normalized spacial score (nSPS) is 15.3. The number of aliphatic hydroxyl groups excluding tert-OH is 2. The van der Waals surface area contributed by atoms with Gasteiger partial charge in [0.15, 0.2) is 0 Å². The molecule has 0 spiro atoms. The summed E-state index contributed by atoms with van der Waals surface area (Å²) in [4.78, 5) is 23.3. The van der Waals surface area contributed by atoms with E-state index in [1.54, 1.807) is 0 Å². The number of allylic oxidation sites excluding steroid dienone is 22. The van der Waals surface area contributed by atoms with Crippen LogP contribution in [0.1, 0.15) is 213 Å². The topological polar surface area (TPSA) is 125 Å². The molecule has 428 valence electrons. The largest absolute Gasteiger partial charge is 0.472 e. The molecule has 0 heterocycles. The highest BCUT2D eigenvalue weighted by Crippen LogP contribution is 2.43. The van der Waals surface area contributed by atoms with Crippen LogP contribution in [0.4, 0.5) is 0 Å². The van der Waals surface area contributed by atoms with Crippen LogP contribution < -0.4 is 5.32 Å². The van der Waals surface area contributed by atoms with Crippen molar-refractivity contribution in [1.29, 1.82) is 0 Å². The second-order valence-electron chi connectivity index (χ2n) is 20.8. The minimum absolute atomic E-state index is 0.0108. The average Bonchev–Trinajstić information content (AvgIpc) is 3.37. The summed E-state index contributed by atoms with van der Waals surface area (Å²) in [6.07, 6.45) is 78.3. The molecule has 1 amide bonds. The predicted octanol–water partition coefficient (Wildman–Crippen LogP) is 17.3. The summed E-state index contributed by atoms with van der Waals surface area (Å²) >= 11 is 0. The van der Waals surface area contributed by atoms with E-state index in [1.807, 2.05) is 21.1 Å². The quantitative estimate of drug-likeness (QED) is 0.0207. The third-order valence-corrected chi connectivity index (χ3v) is 13.5. The molecule has 0 bridgehead atoms. The van der Waals surface area contributed by atoms with E-state index in [0.29, 0.717) is 23.9 Å². The number of phosphoric ester groups is 1. The number of hydrogen-bond acceptors (Lipinski definition) is 6. The first-order valence-electron chi connectivity index (χ1n) is 29.6. The van der Waals surface area contributed by atoms with Crippen LogP contribution in [-0.4, -0.2) is 84.6 Å². The van der Waals surface area contributed by atoms with Crippen LogP contribution in [0.5, 0.6) is 0 Å². The first-order valence-corrected chi connectivity index (χ1v) is 31.1. The zero-order valence-electron chi connectivity index (χ0n) is 48.3. The Balaban J connectivity index is 4.24. The van der Waals surface area contributed by atoms with E-state index in [4.69, 9.17) is 9.05 Å². The number of carbonyl (C=O) groups excluding carboxylic acids is 1. The Morgan fingerprint density at radius 3 is 1.21 bits per heavy atom. The standard InChI is InChI=1S/C65H111N2O7P/c1-6-8-10-12-14-16-18-20-21-22-23-24-25-26-27-28-29-30-31-32-33-34-35-36-37-38-39-40-41-42-43-44-45-46-48-50-52-54-56-58-64(69)66-62(61-74-75(71,72)73-60-59-67(3,4)5)65(70)63(68)57-55-53-51-49-47-19-17-15-13-11-9-7-2/h8,10,14,16,20-21,23-24,26-27,29-30,32-33,35-36,38-39,41-42,44-45,62-63,65,68,70H,6-7,9,11-13,15,17-19,22,25,28,31,34,37,40,43,46-61H2,1-5H3,(H-,66,69,71,72)/p+1/b10-8-,16-14-,21-20-,24-23-,27-26-,30-29-,33-32-,36-35-,39-38-,42-41-,45-44-. The highest BCUT2D eigenvalue weighted by atomic mass is 31.2. The predicted molar refractivity (Wildman–Crippen MR) is 324 cm³/mol. The number of carbonyl (C=O) groups is 1. The fourth-order valence-corrected chi connectivity index (χ4v) is 8.59. The second-order valence-corrected chi connectivity index (χ2v) is 22.2. The molecule has 0 aliphatic rings. The van der Waals surface area contributed by atoms with Gasteiger partial charge in [-0.05, 0) is 96.3 Å². The zero-order valence-corrected chi connectivity index (χ0v) is 49.2. The first kappa shape index (κ1) is 71.6. The number of quaternary nitrogens is 1. The molecule has 0 rings (SSSR count). The number of hydrogen-bond donors (Lipinski definition) is 4. The Morgan fingerprint density at radius 1 is 0.480 bits per heavy atom. The SMILES string of the molecule is CC/C=C\C/C=C\C/C=C\C/C=C\C/C=C\C/C=C\C/C=C\C/C=C\C/C=C\C/C=C\C/C=C\CCCCCCCC(=O)NC(COP(=O)(O)OCC[N+](C)(C)C)C(O)C(O)CCCCCCCCCCCCCC. The third kappa shape index (κ3) is 55.2. The Labute approximate surface area is 460 Å². The van der Waals surface area contributed by atoms with Gasteiger partial charge >= 0.3 is 7.82 Å². The highest BCUT2D eigenvalue weighted by molar-refractivity contribution is 7.47. The molecule has 9 nitrogen and oxygen atoms in total. The molecule has 0 aromatic heterocycles. The van der Waals surface area contributed by atoms with Crippen molar-refractivity contribution in [3.63, 3.8) is 0 Å². The Morgan fingerprint density at radius 2 is 0.827 bits per heavy atom. The Kier molecular flexibility index (Phi) is 51.5. The fraction of sp³-hybridized carbons (Fsp3) is 0.646. The van der Waals surface area contributed by atoms with Crippen molar-refractivity contribution >= 4 is 13.7 Å². The van der Waals surface area contributed by atoms with Gasteiger partial charge in [0.25, 0.3) is 0 Å². The molecule has 4 N–H and O–H groups in total. The molecule has 75 heavy (non-hydrogen) atoms. The number of amides is 1. The summed E-state index contributed by atoms with van der Waals surface area (Å²) in [5.41, 5.74) is 0. The lowest BCUT2D eigenvalue weighted by Crippen LogP contribution is -2.51. The van der Waals surface area contributed by atoms with Crippen molar-refractivity contribution < 1.29 is 38.0 Å². The lowest BCUT2D eigenvalue weighted by molar-refractivity contribution is -0.870. The number of nitrogens with zero attached hydrogens (tertiary/aromatic N) is 1. The smallest absolute Gasteiger partial charge is 0.390 e. The maximum Gasteiger partial charge on any atom is 0.472 e. The van der Waals surface area contributed by atoms with Gasteiger partial charge in [-0.15, -0.1) is 0 Å². The molecule has 4 unspecified atom stereocenters. The van der Waals surface area contributed by atoms with E-state index < -0.39 is 32.7 Å². The van der Waals surface area contributed by atoms with Crippen LogP contribution >= 0.6 is 7.82 Å². The molecular weight excluding hydrogens is 952 g/mol. The van der Waals surface area contributed by atoms with Crippen LogP contribution in [0.25, 0.3) is 0 Å².